The van der Waals surface area contributed by atoms with Crippen LogP contribution >= 0.6 is 0 Å². The van der Waals surface area contributed by atoms with Gasteiger partial charge in [0.05, 0.1) is 25.4 Å². The highest BCUT2D eigenvalue weighted by atomic mass is 16.5. The van der Waals surface area contributed by atoms with Crippen molar-refractivity contribution in [2.45, 2.75) is 443 Å². The van der Waals surface area contributed by atoms with Crippen LogP contribution in [0, 0.1) is 0 Å². The first-order valence-electron chi connectivity index (χ1n) is 38.7. The van der Waals surface area contributed by atoms with Crippen LogP contribution < -0.4 is 5.32 Å². The van der Waals surface area contributed by atoms with Crippen molar-refractivity contribution in [3.05, 3.63) is 36.5 Å². The maximum Gasteiger partial charge on any atom is 0.305 e. The summed E-state index contributed by atoms with van der Waals surface area (Å²) in [6.45, 7) is 4.96. The number of ether oxygens (including phenoxy) is 1. The standard InChI is InChI=1S/C79H151NO5/c1-3-5-7-9-11-13-15-16-17-18-19-39-42-45-48-52-55-59-63-67-71-77(82)76(75-81)80-78(83)72-68-64-60-56-53-49-46-43-40-37-35-33-31-29-27-25-23-21-20-22-24-26-28-30-32-34-36-38-41-44-47-50-54-58-62-66-70-74-85-79(84)73-69-65-61-57-51-14-12-10-8-6-4-2/h10,12,20,22,26,28,76-77,81-82H,3-9,11,13-19,21,23-25,27,29-75H2,1-2H3,(H,80,83)/b12-10-,22-20-,28-26-. The van der Waals surface area contributed by atoms with Gasteiger partial charge in [-0.1, -0.05) is 378 Å². The molecule has 0 aromatic carbocycles. The molecule has 6 heteroatoms. The molecule has 3 N–H and O–H groups in total. The van der Waals surface area contributed by atoms with Crippen molar-refractivity contribution in [3.8, 4) is 0 Å². The molecule has 0 aliphatic heterocycles. The largest absolute Gasteiger partial charge is 0.466 e. The van der Waals surface area contributed by atoms with Gasteiger partial charge >= 0.3 is 5.97 Å². The van der Waals surface area contributed by atoms with Gasteiger partial charge in [-0.3, -0.25) is 9.59 Å². The van der Waals surface area contributed by atoms with Crippen LogP contribution in [0.5, 0.6) is 0 Å². The van der Waals surface area contributed by atoms with Crippen LogP contribution in [0.25, 0.3) is 0 Å². The molecule has 2 unspecified atom stereocenters. The van der Waals surface area contributed by atoms with Crippen molar-refractivity contribution >= 4 is 11.9 Å². The lowest BCUT2D eigenvalue weighted by Crippen LogP contribution is -2.45. The van der Waals surface area contributed by atoms with Crippen molar-refractivity contribution in [2.75, 3.05) is 13.2 Å². The van der Waals surface area contributed by atoms with Gasteiger partial charge < -0.3 is 20.3 Å². The van der Waals surface area contributed by atoms with Crippen LogP contribution in [-0.2, 0) is 14.3 Å². The van der Waals surface area contributed by atoms with Gasteiger partial charge in [0, 0.05) is 12.8 Å². The number of aliphatic hydroxyl groups excluding tert-OH is 2. The summed E-state index contributed by atoms with van der Waals surface area (Å²) < 4.78 is 5.47. The highest BCUT2D eigenvalue weighted by molar-refractivity contribution is 5.76. The number of esters is 1. The fourth-order valence-corrected chi connectivity index (χ4v) is 12.2. The summed E-state index contributed by atoms with van der Waals surface area (Å²) in [5, 5.41) is 23.4. The molecule has 502 valence electrons. The van der Waals surface area contributed by atoms with Crippen LogP contribution in [0.1, 0.15) is 431 Å². The van der Waals surface area contributed by atoms with E-state index in [2.05, 4.69) is 55.6 Å². The molecule has 0 radical (unpaired) electrons. The minimum atomic E-state index is -0.663. The van der Waals surface area contributed by atoms with Gasteiger partial charge in [0.15, 0.2) is 0 Å². The molecule has 0 rings (SSSR count). The molecule has 0 heterocycles. The Morgan fingerprint density at radius 2 is 0.600 bits per heavy atom. The molecule has 0 bridgehead atoms. The molecule has 0 aromatic heterocycles. The van der Waals surface area contributed by atoms with E-state index in [9.17, 15) is 19.8 Å². The highest BCUT2D eigenvalue weighted by Crippen LogP contribution is 2.19. The molecule has 2 atom stereocenters. The summed E-state index contributed by atoms with van der Waals surface area (Å²) in [7, 11) is 0. The van der Waals surface area contributed by atoms with E-state index < -0.39 is 12.1 Å². The first-order chi connectivity index (χ1) is 42.0. The fraction of sp³-hybridized carbons (Fsp3) is 0.899. The molecule has 0 aliphatic rings. The van der Waals surface area contributed by atoms with E-state index in [-0.39, 0.29) is 18.5 Å². The maximum atomic E-state index is 12.6. The number of aliphatic hydroxyl groups is 2. The van der Waals surface area contributed by atoms with Crippen molar-refractivity contribution in [2.24, 2.45) is 0 Å². The molecular weight excluding hydrogens is 1040 g/mol. The van der Waals surface area contributed by atoms with Crippen LogP contribution in [-0.4, -0.2) is 47.4 Å². The molecule has 0 saturated heterocycles. The van der Waals surface area contributed by atoms with Crippen molar-refractivity contribution in [1.82, 2.24) is 5.32 Å². The summed E-state index contributed by atoms with van der Waals surface area (Å²) in [6, 6.07) is -0.540. The maximum absolute atomic E-state index is 12.6. The van der Waals surface area contributed by atoms with Gasteiger partial charge in [-0.25, -0.2) is 0 Å². The molecular formula is C79H151NO5. The lowest BCUT2D eigenvalue weighted by molar-refractivity contribution is -0.143. The molecule has 85 heavy (non-hydrogen) atoms. The topological polar surface area (TPSA) is 95.9 Å². The third-order valence-corrected chi connectivity index (χ3v) is 18.2. The summed E-state index contributed by atoms with van der Waals surface area (Å²) in [5.74, 6) is -0.0195. The molecule has 0 aromatic rings. The SMILES string of the molecule is CCCC/C=C\CCCCCCCC(=O)OCCCCCCCCCCCCCCC/C=C\C/C=C\CCCCCCCCCCCCCCCCCCCC(=O)NC(CO)C(O)CCCCCCCCCCCCCCCCCCCCCC. The zero-order valence-corrected chi connectivity index (χ0v) is 57.6. The van der Waals surface area contributed by atoms with Gasteiger partial charge in [-0.15, -0.1) is 0 Å². The third-order valence-electron chi connectivity index (χ3n) is 18.2. The molecule has 0 saturated carbocycles. The Kier molecular flexibility index (Phi) is 72.9. The Morgan fingerprint density at radius 3 is 0.941 bits per heavy atom. The van der Waals surface area contributed by atoms with Crippen molar-refractivity contribution < 1.29 is 24.5 Å². The first kappa shape index (κ1) is 83.1. The average Bonchev–Trinajstić information content (AvgIpc) is 3.54. The summed E-state index contributed by atoms with van der Waals surface area (Å²) in [4.78, 5) is 24.6. The zero-order valence-electron chi connectivity index (χ0n) is 57.6. The number of nitrogens with one attached hydrogen (secondary N) is 1. The van der Waals surface area contributed by atoms with Gasteiger partial charge in [0.25, 0.3) is 0 Å². The second kappa shape index (κ2) is 74.5. The predicted octanol–water partition coefficient (Wildman–Crippen LogP) is 25.4. The van der Waals surface area contributed by atoms with E-state index in [1.54, 1.807) is 0 Å². The van der Waals surface area contributed by atoms with Crippen LogP contribution in [0.2, 0.25) is 0 Å². The molecule has 6 nitrogen and oxygen atoms in total. The Bertz CT molecular complexity index is 1380. The fourth-order valence-electron chi connectivity index (χ4n) is 12.2. The number of carbonyl (C=O) groups excluding carboxylic acids is 2. The number of hydrogen-bond acceptors (Lipinski definition) is 5. The highest BCUT2D eigenvalue weighted by Gasteiger charge is 2.20. The van der Waals surface area contributed by atoms with E-state index in [1.807, 2.05) is 0 Å². The number of amides is 1. The quantitative estimate of drug-likeness (QED) is 0.0320. The lowest BCUT2D eigenvalue weighted by atomic mass is 10.0. The number of allylic oxidation sites excluding steroid dienone is 6. The Morgan fingerprint density at radius 1 is 0.329 bits per heavy atom. The second-order valence-electron chi connectivity index (χ2n) is 26.7. The van der Waals surface area contributed by atoms with Gasteiger partial charge in [-0.05, 0) is 77.0 Å². The van der Waals surface area contributed by atoms with E-state index in [4.69, 9.17) is 4.74 Å². The van der Waals surface area contributed by atoms with Crippen LogP contribution in [0.4, 0.5) is 0 Å². The van der Waals surface area contributed by atoms with Crippen molar-refractivity contribution in [3.63, 3.8) is 0 Å². The van der Waals surface area contributed by atoms with Crippen LogP contribution in [0.15, 0.2) is 36.5 Å². The smallest absolute Gasteiger partial charge is 0.305 e. The lowest BCUT2D eigenvalue weighted by Gasteiger charge is -2.22. The Labute approximate surface area is 532 Å². The van der Waals surface area contributed by atoms with Gasteiger partial charge in [0.1, 0.15) is 0 Å². The Balaban J connectivity index is 3.37. The number of hydrogen-bond donors (Lipinski definition) is 3. The molecule has 0 spiro atoms. The average molecular weight is 1200 g/mol. The minimum Gasteiger partial charge on any atom is -0.466 e. The third kappa shape index (κ3) is 71.0. The number of unbranched alkanes of at least 4 members (excludes halogenated alkanes) is 56. The number of carbonyl (C=O) groups is 2. The van der Waals surface area contributed by atoms with E-state index >= 15 is 0 Å². The molecule has 0 fully saturated rings. The van der Waals surface area contributed by atoms with Gasteiger partial charge in [-0.2, -0.15) is 0 Å². The van der Waals surface area contributed by atoms with Crippen LogP contribution in [0.3, 0.4) is 0 Å². The summed E-state index contributed by atoms with van der Waals surface area (Å²) in [5.41, 5.74) is 0. The van der Waals surface area contributed by atoms with E-state index in [0.717, 1.165) is 51.4 Å². The first-order valence-corrected chi connectivity index (χ1v) is 38.7. The van der Waals surface area contributed by atoms with E-state index in [0.29, 0.717) is 25.9 Å². The predicted molar refractivity (Wildman–Crippen MR) is 375 cm³/mol. The van der Waals surface area contributed by atoms with Crippen molar-refractivity contribution in [1.29, 1.82) is 0 Å². The molecule has 0 aliphatic carbocycles. The minimum absolute atomic E-state index is 0.00806. The van der Waals surface area contributed by atoms with Gasteiger partial charge in [0.2, 0.25) is 5.91 Å². The number of rotatable bonds is 73. The Hall–Kier alpha value is -1.92. The molecule has 1 amide bonds. The summed E-state index contributed by atoms with van der Waals surface area (Å²) >= 11 is 0. The second-order valence-corrected chi connectivity index (χ2v) is 26.7. The zero-order chi connectivity index (χ0) is 61.3. The normalized spacial score (nSPS) is 12.7. The monoisotopic (exact) mass is 1190 g/mol. The van der Waals surface area contributed by atoms with E-state index in [1.165, 1.54) is 347 Å². The summed E-state index contributed by atoms with van der Waals surface area (Å²) in [6.07, 6.45) is 96.6.